The first-order valence-corrected chi connectivity index (χ1v) is 5.53. The molecular weight excluding hydrogens is 162 g/mol. The van der Waals surface area contributed by atoms with Gasteiger partial charge in [0.05, 0.1) is 0 Å². The van der Waals surface area contributed by atoms with Crippen LogP contribution >= 0.6 is 0 Å². The molecule has 0 bridgehead atoms. The highest BCUT2D eigenvalue weighted by molar-refractivity contribution is 5.79. The van der Waals surface area contributed by atoms with Gasteiger partial charge in [-0.15, -0.1) is 0 Å². The molecule has 1 saturated carbocycles. The Bertz CT molecular complexity index is 208. The van der Waals surface area contributed by atoms with Gasteiger partial charge in [0.1, 0.15) is 0 Å². The molecule has 0 spiro atoms. The van der Waals surface area contributed by atoms with Crippen LogP contribution < -0.4 is 5.32 Å². The normalized spacial score (nSPS) is 35.3. The average molecular weight is 181 g/mol. The fraction of sp³-hybridized carbons (Fsp3) is 0.909. The van der Waals surface area contributed by atoms with Crippen molar-refractivity contribution in [1.82, 2.24) is 5.32 Å². The predicted octanol–water partition coefficient (Wildman–Crippen LogP) is 2.09. The van der Waals surface area contributed by atoms with E-state index >= 15 is 0 Å². The van der Waals surface area contributed by atoms with Crippen LogP contribution in [0.25, 0.3) is 0 Å². The lowest BCUT2D eigenvalue weighted by atomic mass is 9.71. The molecule has 0 aromatic rings. The number of carbonyl (C=O) groups excluding carboxylic acids is 1. The number of nitrogens with one attached hydrogen (secondary N) is 1. The third-order valence-corrected chi connectivity index (χ3v) is 4.08. The zero-order valence-corrected chi connectivity index (χ0v) is 8.44. The molecule has 2 rings (SSSR count). The van der Waals surface area contributed by atoms with Gasteiger partial charge in [-0.05, 0) is 30.6 Å². The first kappa shape index (κ1) is 9.04. The van der Waals surface area contributed by atoms with Crippen LogP contribution in [0.2, 0.25) is 0 Å². The first-order chi connectivity index (χ1) is 6.27. The van der Waals surface area contributed by atoms with E-state index in [9.17, 15) is 4.79 Å². The molecule has 0 aromatic heterocycles. The Morgan fingerprint density at radius 2 is 2.15 bits per heavy atom. The van der Waals surface area contributed by atoms with E-state index in [1.165, 1.54) is 25.7 Å². The molecule has 1 amide bonds. The van der Waals surface area contributed by atoms with Crippen LogP contribution in [0.4, 0.5) is 0 Å². The van der Waals surface area contributed by atoms with Crippen LogP contribution in [-0.4, -0.2) is 12.5 Å². The Balaban J connectivity index is 2.10. The number of hydrogen-bond acceptors (Lipinski definition) is 1. The molecule has 2 heteroatoms. The molecule has 2 nitrogen and oxygen atoms in total. The molecule has 1 N–H and O–H groups in total. The lowest BCUT2D eigenvalue weighted by molar-refractivity contribution is -0.119. The summed E-state index contributed by atoms with van der Waals surface area (Å²) < 4.78 is 0. The third kappa shape index (κ3) is 1.47. The van der Waals surface area contributed by atoms with Crippen molar-refractivity contribution >= 4 is 5.91 Å². The van der Waals surface area contributed by atoms with Crippen molar-refractivity contribution in [2.45, 2.75) is 45.4 Å². The van der Waals surface area contributed by atoms with E-state index in [-0.39, 0.29) is 5.91 Å². The zero-order chi connectivity index (χ0) is 9.31. The minimum absolute atomic E-state index is 0.272. The highest BCUT2D eigenvalue weighted by Gasteiger charge is 2.43. The van der Waals surface area contributed by atoms with Crippen molar-refractivity contribution in [1.29, 1.82) is 0 Å². The van der Waals surface area contributed by atoms with Crippen molar-refractivity contribution in [3.63, 3.8) is 0 Å². The minimum atomic E-state index is 0.272. The van der Waals surface area contributed by atoms with Gasteiger partial charge in [-0.1, -0.05) is 19.8 Å². The topological polar surface area (TPSA) is 29.1 Å². The zero-order valence-electron chi connectivity index (χ0n) is 8.44. The largest absolute Gasteiger partial charge is 0.356 e. The average Bonchev–Trinajstić information content (AvgIpc) is 2.73. The van der Waals surface area contributed by atoms with E-state index in [4.69, 9.17) is 0 Å². The Kier molecular flexibility index (Phi) is 2.31. The SMILES string of the molecule is CCC1(C2CCCC2)CNC(=O)C1. The fourth-order valence-electron chi connectivity index (χ4n) is 3.08. The van der Waals surface area contributed by atoms with Gasteiger partial charge >= 0.3 is 0 Å². The summed E-state index contributed by atoms with van der Waals surface area (Å²) in [6.45, 7) is 3.17. The summed E-state index contributed by atoms with van der Waals surface area (Å²) in [5.74, 6) is 1.09. The lowest BCUT2D eigenvalue weighted by Gasteiger charge is -2.32. The van der Waals surface area contributed by atoms with Crippen molar-refractivity contribution in [3.8, 4) is 0 Å². The summed E-state index contributed by atoms with van der Waals surface area (Å²) in [4.78, 5) is 11.3. The van der Waals surface area contributed by atoms with Gasteiger partial charge in [0.2, 0.25) is 5.91 Å². The second kappa shape index (κ2) is 3.32. The number of amides is 1. The van der Waals surface area contributed by atoms with Gasteiger partial charge in [0.25, 0.3) is 0 Å². The molecule has 1 saturated heterocycles. The molecule has 13 heavy (non-hydrogen) atoms. The van der Waals surface area contributed by atoms with Crippen LogP contribution in [0, 0.1) is 11.3 Å². The van der Waals surface area contributed by atoms with Gasteiger partial charge in [-0.3, -0.25) is 4.79 Å². The van der Waals surface area contributed by atoms with E-state index in [1.54, 1.807) is 0 Å². The molecule has 1 aliphatic carbocycles. The summed E-state index contributed by atoms with van der Waals surface area (Å²) in [5.41, 5.74) is 0.327. The standard InChI is InChI=1S/C11H19NO/c1-2-11(7-10(13)12-8-11)9-5-3-4-6-9/h9H,2-8H2,1H3,(H,12,13). The molecule has 1 unspecified atom stereocenters. The highest BCUT2D eigenvalue weighted by atomic mass is 16.1. The van der Waals surface area contributed by atoms with Gasteiger partial charge in [-0.25, -0.2) is 0 Å². The van der Waals surface area contributed by atoms with Crippen LogP contribution in [-0.2, 0) is 4.79 Å². The second-order valence-corrected chi connectivity index (χ2v) is 4.65. The van der Waals surface area contributed by atoms with Crippen LogP contribution in [0.15, 0.2) is 0 Å². The molecule has 1 aliphatic heterocycles. The van der Waals surface area contributed by atoms with E-state index in [0.717, 1.165) is 25.3 Å². The first-order valence-electron chi connectivity index (χ1n) is 5.53. The summed E-state index contributed by atoms with van der Waals surface area (Å²) in [6, 6.07) is 0. The molecule has 2 aliphatic rings. The number of hydrogen-bond donors (Lipinski definition) is 1. The fourth-order valence-corrected chi connectivity index (χ4v) is 3.08. The summed E-state index contributed by atoms with van der Waals surface area (Å²) in [5, 5.41) is 3.00. The van der Waals surface area contributed by atoms with Crippen molar-refractivity contribution < 1.29 is 4.79 Å². The number of rotatable bonds is 2. The van der Waals surface area contributed by atoms with Crippen LogP contribution in [0.5, 0.6) is 0 Å². The van der Waals surface area contributed by atoms with Crippen LogP contribution in [0.1, 0.15) is 45.4 Å². The maximum Gasteiger partial charge on any atom is 0.220 e. The smallest absolute Gasteiger partial charge is 0.220 e. The van der Waals surface area contributed by atoms with Crippen molar-refractivity contribution in [2.24, 2.45) is 11.3 Å². The summed E-state index contributed by atoms with van der Waals surface area (Å²) in [6.07, 6.45) is 7.40. The number of carbonyl (C=O) groups is 1. The lowest BCUT2D eigenvalue weighted by Crippen LogP contribution is -2.30. The molecule has 0 aromatic carbocycles. The minimum Gasteiger partial charge on any atom is -0.356 e. The Morgan fingerprint density at radius 1 is 1.46 bits per heavy atom. The quantitative estimate of drug-likeness (QED) is 0.694. The van der Waals surface area contributed by atoms with Gasteiger partial charge in [0, 0.05) is 13.0 Å². The Labute approximate surface area is 80.1 Å². The molecule has 1 heterocycles. The molecular formula is C11H19NO. The van der Waals surface area contributed by atoms with Gasteiger partial charge in [0.15, 0.2) is 0 Å². The van der Waals surface area contributed by atoms with E-state index in [0.29, 0.717) is 5.41 Å². The van der Waals surface area contributed by atoms with E-state index in [2.05, 4.69) is 12.2 Å². The summed E-state index contributed by atoms with van der Waals surface area (Å²) in [7, 11) is 0. The van der Waals surface area contributed by atoms with Gasteiger partial charge in [-0.2, -0.15) is 0 Å². The third-order valence-electron chi connectivity index (χ3n) is 4.08. The molecule has 74 valence electrons. The van der Waals surface area contributed by atoms with Crippen molar-refractivity contribution in [3.05, 3.63) is 0 Å². The molecule has 1 atom stereocenters. The molecule has 2 fully saturated rings. The highest BCUT2D eigenvalue weighted by Crippen LogP contribution is 2.46. The van der Waals surface area contributed by atoms with E-state index in [1.807, 2.05) is 0 Å². The Morgan fingerprint density at radius 3 is 2.62 bits per heavy atom. The second-order valence-electron chi connectivity index (χ2n) is 4.65. The maximum atomic E-state index is 11.3. The Hall–Kier alpha value is -0.530. The monoisotopic (exact) mass is 181 g/mol. The molecule has 0 radical (unpaired) electrons. The maximum absolute atomic E-state index is 11.3. The van der Waals surface area contributed by atoms with Gasteiger partial charge < -0.3 is 5.32 Å². The van der Waals surface area contributed by atoms with Crippen molar-refractivity contribution in [2.75, 3.05) is 6.54 Å². The van der Waals surface area contributed by atoms with Crippen LogP contribution in [0.3, 0.4) is 0 Å². The van der Waals surface area contributed by atoms with E-state index < -0.39 is 0 Å². The summed E-state index contributed by atoms with van der Waals surface area (Å²) >= 11 is 0. The predicted molar refractivity (Wildman–Crippen MR) is 52.3 cm³/mol.